The second kappa shape index (κ2) is 5.45. The molecule has 4 N–H and O–H groups in total. The van der Waals surface area contributed by atoms with Gasteiger partial charge >= 0.3 is 6.03 Å². The lowest BCUT2D eigenvalue weighted by Crippen LogP contribution is -2.38. The first-order valence-corrected chi connectivity index (χ1v) is 5.06. The summed E-state index contributed by atoms with van der Waals surface area (Å²) in [5.74, 6) is -0.956. The minimum absolute atomic E-state index is 0.132. The molecule has 0 aromatic heterocycles. The molecule has 0 fully saturated rings. The molecule has 0 bridgehead atoms. The SMILES string of the molecule is NC(=O)NC(=O)CNc1ccc(F)cc1Br. The van der Waals surface area contributed by atoms with E-state index in [1.807, 2.05) is 5.32 Å². The number of nitrogens with two attached hydrogens (primary N) is 1. The van der Waals surface area contributed by atoms with Crippen LogP contribution in [0, 0.1) is 5.82 Å². The Balaban J connectivity index is 2.54. The normalized spacial score (nSPS) is 9.62. The third-order valence-corrected chi connectivity index (χ3v) is 2.29. The molecule has 16 heavy (non-hydrogen) atoms. The molecule has 1 aromatic carbocycles. The largest absolute Gasteiger partial charge is 0.375 e. The minimum atomic E-state index is -0.912. The third kappa shape index (κ3) is 3.85. The molecule has 0 radical (unpaired) electrons. The molecule has 1 rings (SSSR count). The number of urea groups is 1. The topological polar surface area (TPSA) is 84.2 Å². The number of carbonyl (C=O) groups excluding carboxylic acids is 2. The van der Waals surface area contributed by atoms with Gasteiger partial charge in [-0.2, -0.15) is 0 Å². The molecule has 3 amide bonds. The lowest BCUT2D eigenvalue weighted by atomic mass is 10.3. The smallest absolute Gasteiger partial charge is 0.318 e. The van der Waals surface area contributed by atoms with Crippen LogP contribution in [-0.4, -0.2) is 18.5 Å². The zero-order chi connectivity index (χ0) is 12.1. The Hall–Kier alpha value is -1.63. The molecule has 0 saturated heterocycles. The van der Waals surface area contributed by atoms with Crippen LogP contribution in [0.4, 0.5) is 14.9 Å². The van der Waals surface area contributed by atoms with Crippen molar-refractivity contribution in [2.24, 2.45) is 5.73 Å². The molecule has 0 aliphatic carbocycles. The third-order valence-electron chi connectivity index (χ3n) is 1.63. The molecule has 0 heterocycles. The summed E-state index contributed by atoms with van der Waals surface area (Å²) in [6.45, 7) is -0.132. The van der Waals surface area contributed by atoms with E-state index in [0.29, 0.717) is 10.2 Å². The number of halogens is 2. The van der Waals surface area contributed by atoms with Crippen molar-refractivity contribution in [2.75, 3.05) is 11.9 Å². The summed E-state index contributed by atoms with van der Waals surface area (Å²) in [4.78, 5) is 21.4. The molecule has 0 saturated carbocycles. The Kier molecular flexibility index (Phi) is 4.24. The van der Waals surface area contributed by atoms with Gasteiger partial charge in [0, 0.05) is 10.2 Å². The van der Waals surface area contributed by atoms with Gasteiger partial charge in [-0.25, -0.2) is 9.18 Å². The second-order valence-electron chi connectivity index (χ2n) is 2.89. The number of rotatable bonds is 3. The van der Waals surface area contributed by atoms with Gasteiger partial charge in [0.05, 0.1) is 6.54 Å². The first kappa shape index (κ1) is 12.4. The van der Waals surface area contributed by atoms with Crippen LogP contribution in [-0.2, 0) is 4.79 Å². The lowest BCUT2D eigenvalue weighted by Gasteiger charge is -2.07. The van der Waals surface area contributed by atoms with Gasteiger partial charge in [-0.15, -0.1) is 0 Å². The fourth-order valence-electron chi connectivity index (χ4n) is 0.990. The highest BCUT2D eigenvalue weighted by Gasteiger charge is 2.05. The molecular weight excluding hydrogens is 281 g/mol. The van der Waals surface area contributed by atoms with Gasteiger partial charge in [-0.3, -0.25) is 10.1 Å². The molecule has 7 heteroatoms. The van der Waals surface area contributed by atoms with Crippen molar-refractivity contribution < 1.29 is 14.0 Å². The Morgan fingerprint density at radius 3 is 2.69 bits per heavy atom. The maximum Gasteiger partial charge on any atom is 0.318 e. The van der Waals surface area contributed by atoms with E-state index in [0.717, 1.165) is 0 Å². The highest BCUT2D eigenvalue weighted by Crippen LogP contribution is 2.22. The van der Waals surface area contributed by atoms with Crippen molar-refractivity contribution in [1.29, 1.82) is 0 Å². The maximum absolute atomic E-state index is 12.7. The van der Waals surface area contributed by atoms with Crippen LogP contribution in [0.15, 0.2) is 22.7 Å². The molecule has 0 atom stereocenters. The molecule has 0 aliphatic heterocycles. The average molecular weight is 290 g/mol. The van der Waals surface area contributed by atoms with Crippen LogP contribution in [0.2, 0.25) is 0 Å². The predicted molar refractivity (Wildman–Crippen MR) is 60.3 cm³/mol. The van der Waals surface area contributed by atoms with Crippen molar-refractivity contribution in [3.8, 4) is 0 Å². The number of benzene rings is 1. The van der Waals surface area contributed by atoms with Gasteiger partial charge in [0.25, 0.3) is 0 Å². The monoisotopic (exact) mass is 289 g/mol. The predicted octanol–water partition coefficient (Wildman–Crippen LogP) is 1.19. The van der Waals surface area contributed by atoms with Crippen LogP contribution in [0.5, 0.6) is 0 Å². The van der Waals surface area contributed by atoms with E-state index in [1.54, 1.807) is 0 Å². The van der Waals surface area contributed by atoms with Crippen LogP contribution >= 0.6 is 15.9 Å². The Morgan fingerprint density at radius 1 is 1.44 bits per heavy atom. The number of amides is 3. The minimum Gasteiger partial charge on any atom is -0.375 e. The molecule has 86 valence electrons. The summed E-state index contributed by atoms with van der Waals surface area (Å²) < 4.78 is 13.2. The summed E-state index contributed by atoms with van der Waals surface area (Å²) >= 11 is 3.12. The highest BCUT2D eigenvalue weighted by molar-refractivity contribution is 9.10. The second-order valence-corrected chi connectivity index (χ2v) is 3.74. The van der Waals surface area contributed by atoms with Crippen LogP contribution in [0.1, 0.15) is 0 Å². The van der Waals surface area contributed by atoms with E-state index in [9.17, 15) is 14.0 Å². The Labute approximate surface area is 99.3 Å². The first-order valence-electron chi connectivity index (χ1n) is 4.27. The highest BCUT2D eigenvalue weighted by atomic mass is 79.9. The number of imide groups is 1. The fraction of sp³-hybridized carbons (Fsp3) is 0.111. The zero-order valence-electron chi connectivity index (χ0n) is 8.09. The molecular formula is C9H9BrFN3O2. The molecule has 0 spiro atoms. The first-order chi connectivity index (χ1) is 7.49. The molecule has 5 nitrogen and oxygen atoms in total. The van der Waals surface area contributed by atoms with Crippen molar-refractivity contribution in [3.63, 3.8) is 0 Å². The Bertz CT molecular complexity index is 425. The Morgan fingerprint density at radius 2 is 2.12 bits per heavy atom. The van der Waals surface area contributed by atoms with E-state index in [4.69, 9.17) is 5.73 Å². The van der Waals surface area contributed by atoms with E-state index in [2.05, 4.69) is 21.2 Å². The fourth-order valence-corrected chi connectivity index (χ4v) is 1.48. The number of hydrogen-bond donors (Lipinski definition) is 3. The van der Waals surface area contributed by atoms with Crippen molar-refractivity contribution in [3.05, 3.63) is 28.5 Å². The van der Waals surface area contributed by atoms with Gasteiger partial charge in [-0.05, 0) is 34.1 Å². The quantitative estimate of drug-likeness (QED) is 0.782. The molecule has 1 aromatic rings. The van der Waals surface area contributed by atoms with Gasteiger partial charge in [0.2, 0.25) is 5.91 Å². The summed E-state index contributed by atoms with van der Waals surface area (Å²) in [6, 6.07) is 3.06. The standard InChI is InChI=1S/C9H9BrFN3O2/c10-6-3-5(11)1-2-7(6)13-4-8(15)14-9(12)16/h1-3,13H,4H2,(H3,12,14,15,16). The summed E-state index contributed by atoms with van der Waals surface area (Å²) in [6.07, 6.45) is 0. The van der Waals surface area contributed by atoms with E-state index >= 15 is 0 Å². The summed E-state index contributed by atoms with van der Waals surface area (Å²) in [7, 11) is 0. The summed E-state index contributed by atoms with van der Waals surface area (Å²) in [5, 5.41) is 4.60. The van der Waals surface area contributed by atoms with Crippen LogP contribution < -0.4 is 16.4 Å². The lowest BCUT2D eigenvalue weighted by molar-refractivity contribution is -0.118. The maximum atomic E-state index is 12.7. The van der Waals surface area contributed by atoms with Crippen LogP contribution in [0.25, 0.3) is 0 Å². The van der Waals surface area contributed by atoms with Crippen molar-refractivity contribution >= 4 is 33.6 Å². The molecule has 0 aliphatic rings. The number of anilines is 1. The van der Waals surface area contributed by atoms with E-state index < -0.39 is 11.9 Å². The van der Waals surface area contributed by atoms with Crippen LogP contribution in [0.3, 0.4) is 0 Å². The number of primary amides is 1. The molecule has 0 unspecified atom stereocenters. The van der Waals surface area contributed by atoms with Crippen molar-refractivity contribution in [1.82, 2.24) is 5.32 Å². The van der Waals surface area contributed by atoms with Gasteiger partial charge in [0.1, 0.15) is 5.82 Å². The van der Waals surface area contributed by atoms with E-state index in [-0.39, 0.29) is 12.4 Å². The van der Waals surface area contributed by atoms with Gasteiger partial charge < -0.3 is 11.1 Å². The van der Waals surface area contributed by atoms with Gasteiger partial charge in [-0.1, -0.05) is 0 Å². The number of nitrogens with one attached hydrogen (secondary N) is 2. The zero-order valence-corrected chi connectivity index (χ0v) is 9.67. The number of hydrogen-bond acceptors (Lipinski definition) is 3. The number of carbonyl (C=O) groups is 2. The van der Waals surface area contributed by atoms with Gasteiger partial charge in [0.15, 0.2) is 0 Å². The summed E-state index contributed by atoms with van der Waals surface area (Å²) in [5.41, 5.74) is 5.30. The average Bonchev–Trinajstić information content (AvgIpc) is 2.15. The van der Waals surface area contributed by atoms with Crippen molar-refractivity contribution in [2.45, 2.75) is 0 Å². The van der Waals surface area contributed by atoms with E-state index in [1.165, 1.54) is 18.2 Å².